The molecule has 28 heavy (non-hydrogen) atoms. The maximum atomic E-state index is 13.1. The molecule has 2 atom stereocenters. The first-order chi connectivity index (χ1) is 13.3. The molecule has 146 valence electrons. The highest BCUT2D eigenvalue weighted by atomic mass is 32.1. The lowest BCUT2D eigenvalue weighted by atomic mass is 9.72. The van der Waals surface area contributed by atoms with E-state index >= 15 is 0 Å². The smallest absolute Gasteiger partial charge is 0.256 e. The fourth-order valence-corrected chi connectivity index (χ4v) is 6.15. The molecule has 1 amide bonds. The highest BCUT2D eigenvalue weighted by Crippen LogP contribution is 2.46. The molecule has 3 aromatic rings. The molecule has 0 unspecified atom stereocenters. The number of aromatic nitrogens is 1. The number of nitrogens with zero attached hydrogens (tertiary/aromatic N) is 1. The quantitative estimate of drug-likeness (QED) is 0.593. The fraction of sp³-hybridized carbons (Fsp3) is 0.435. The van der Waals surface area contributed by atoms with Crippen LogP contribution < -0.4 is 10.6 Å². The molecule has 0 saturated carbocycles. The lowest BCUT2D eigenvalue weighted by Crippen LogP contribution is -2.38. The van der Waals surface area contributed by atoms with Gasteiger partial charge in [0.25, 0.3) is 5.91 Å². The zero-order valence-electron chi connectivity index (χ0n) is 16.9. The van der Waals surface area contributed by atoms with Gasteiger partial charge in [0.1, 0.15) is 11.2 Å². The molecule has 0 bridgehead atoms. The molecule has 4 nitrogen and oxygen atoms in total. The summed E-state index contributed by atoms with van der Waals surface area (Å²) in [5.41, 5.74) is 4.78. The van der Waals surface area contributed by atoms with E-state index in [9.17, 15) is 4.79 Å². The predicted molar refractivity (Wildman–Crippen MR) is 116 cm³/mol. The molecule has 0 saturated heterocycles. The van der Waals surface area contributed by atoms with Crippen LogP contribution >= 0.6 is 11.3 Å². The van der Waals surface area contributed by atoms with Gasteiger partial charge in [0, 0.05) is 34.6 Å². The van der Waals surface area contributed by atoms with Crippen molar-refractivity contribution in [2.45, 2.75) is 46.2 Å². The van der Waals surface area contributed by atoms with Crippen LogP contribution in [0.4, 0.5) is 5.00 Å². The van der Waals surface area contributed by atoms with E-state index < -0.39 is 0 Å². The monoisotopic (exact) mass is 393 g/mol. The summed E-state index contributed by atoms with van der Waals surface area (Å²) in [4.78, 5) is 14.5. The molecule has 1 aliphatic heterocycles. The van der Waals surface area contributed by atoms with Crippen molar-refractivity contribution < 1.29 is 4.79 Å². The summed E-state index contributed by atoms with van der Waals surface area (Å²) < 4.78 is 2.13. The molecular formula is C23H27N3OS. The predicted octanol–water partition coefficient (Wildman–Crippen LogP) is 5.24. The minimum absolute atomic E-state index is 0.0680. The average molecular weight is 394 g/mol. The van der Waals surface area contributed by atoms with Crippen LogP contribution in [0.2, 0.25) is 0 Å². The van der Waals surface area contributed by atoms with Crippen LogP contribution in [0.3, 0.4) is 0 Å². The van der Waals surface area contributed by atoms with Crippen molar-refractivity contribution in [3.63, 3.8) is 0 Å². The molecule has 2 aliphatic rings. The van der Waals surface area contributed by atoms with Gasteiger partial charge < -0.3 is 15.2 Å². The van der Waals surface area contributed by atoms with Gasteiger partial charge in [-0.15, -0.1) is 11.3 Å². The Bertz CT molecular complexity index is 1090. The van der Waals surface area contributed by atoms with E-state index in [0.717, 1.165) is 29.0 Å². The van der Waals surface area contributed by atoms with Crippen LogP contribution in [0.5, 0.6) is 0 Å². The number of carbonyl (C=O) groups is 1. The Morgan fingerprint density at radius 3 is 2.75 bits per heavy atom. The lowest BCUT2D eigenvalue weighted by Gasteiger charge is -2.34. The van der Waals surface area contributed by atoms with E-state index in [-0.39, 0.29) is 12.1 Å². The number of fused-ring (bicyclic) bond motifs is 4. The summed E-state index contributed by atoms with van der Waals surface area (Å²) in [7, 11) is 2.05. The Balaban J connectivity index is 1.52. The number of aryl methyl sites for hydroxylation is 1. The summed E-state index contributed by atoms with van der Waals surface area (Å²) in [6, 6.07) is 8.35. The first kappa shape index (κ1) is 17.8. The van der Waals surface area contributed by atoms with Gasteiger partial charge in [-0.25, -0.2) is 0 Å². The van der Waals surface area contributed by atoms with E-state index in [2.05, 4.69) is 73.5 Å². The summed E-state index contributed by atoms with van der Waals surface area (Å²) in [5, 5.41) is 9.07. The van der Waals surface area contributed by atoms with Gasteiger partial charge in [0.05, 0.1) is 5.56 Å². The summed E-state index contributed by atoms with van der Waals surface area (Å²) in [6.45, 7) is 6.99. The highest BCUT2D eigenvalue weighted by molar-refractivity contribution is 7.16. The molecule has 1 aliphatic carbocycles. The summed E-state index contributed by atoms with van der Waals surface area (Å²) in [5.74, 6) is 0.746. The Hall–Kier alpha value is -2.27. The minimum atomic E-state index is -0.190. The molecule has 1 aromatic carbocycles. The zero-order chi connectivity index (χ0) is 19.6. The second-order valence-corrected chi connectivity index (χ2v) is 10.4. The number of thiophene rings is 1. The molecule has 2 N–H and O–H groups in total. The Kier molecular flexibility index (Phi) is 3.89. The largest absolute Gasteiger partial charge is 0.353 e. The standard InChI is InChI=1S/C23H27N3OS/c1-23(2,3)13-9-10-15-18(11-13)28-22-19(15)21(27)24-20(25-22)16-12-26(4)17-8-6-5-7-14(16)17/h5-8,12-13,20,25H,9-11H2,1-4H3,(H,24,27)/t13-,20-/m1/s1. The Morgan fingerprint density at radius 2 is 1.96 bits per heavy atom. The second kappa shape index (κ2) is 6.11. The molecule has 0 radical (unpaired) electrons. The maximum Gasteiger partial charge on any atom is 0.256 e. The SMILES string of the molecule is Cn1cc([C@@H]2NC(=O)c3c(sc4c3CC[C@@H](C(C)(C)C)C4)N2)c2ccccc21. The van der Waals surface area contributed by atoms with Gasteiger partial charge in [-0.05, 0) is 42.2 Å². The lowest BCUT2D eigenvalue weighted by molar-refractivity contribution is 0.0935. The van der Waals surface area contributed by atoms with E-state index in [1.807, 2.05) is 0 Å². The first-order valence-corrected chi connectivity index (χ1v) is 10.9. The van der Waals surface area contributed by atoms with Crippen molar-refractivity contribution in [3.8, 4) is 0 Å². The van der Waals surface area contributed by atoms with Gasteiger partial charge in [0.15, 0.2) is 0 Å². The molecule has 5 rings (SSSR count). The van der Waals surface area contributed by atoms with Gasteiger partial charge in [0.2, 0.25) is 0 Å². The normalized spacial score (nSPS) is 21.8. The van der Waals surface area contributed by atoms with Crippen molar-refractivity contribution in [3.05, 3.63) is 52.0 Å². The summed E-state index contributed by atoms with van der Waals surface area (Å²) >= 11 is 1.79. The average Bonchev–Trinajstić information content (AvgIpc) is 3.18. The van der Waals surface area contributed by atoms with Crippen LogP contribution in [0.25, 0.3) is 10.9 Å². The number of carbonyl (C=O) groups excluding carboxylic acids is 1. The number of hydrogen-bond donors (Lipinski definition) is 2. The van der Waals surface area contributed by atoms with Crippen molar-refractivity contribution in [2.24, 2.45) is 18.4 Å². The molecule has 3 heterocycles. The van der Waals surface area contributed by atoms with Crippen molar-refractivity contribution >= 4 is 33.1 Å². The molecule has 0 spiro atoms. The third-order valence-corrected chi connectivity index (χ3v) is 7.69. The maximum absolute atomic E-state index is 13.1. The van der Waals surface area contributed by atoms with Crippen LogP contribution in [0, 0.1) is 11.3 Å². The molecular weight excluding hydrogens is 366 g/mol. The Labute approximate surface area is 169 Å². The number of hydrogen-bond acceptors (Lipinski definition) is 3. The molecule has 0 fully saturated rings. The Morgan fingerprint density at radius 1 is 1.18 bits per heavy atom. The van der Waals surface area contributed by atoms with Crippen LogP contribution in [0.1, 0.15) is 59.7 Å². The minimum Gasteiger partial charge on any atom is -0.353 e. The van der Waals surface area contributed by atoms with Gasteiger partial charge in [-0.1, -0.05) is 39.0 Å². The van der Waals surface area contributed by atoms with Crippen LogP contribution in [-0.2, 0) is 19.9 Å². The number of rotatable bonds is 1. The van der Waals surface area contributed by atoms with Crippen molar-refractivity contribution in [1.82, 2.24) is 9.88 Å². The number of amides is 1. The molecule has 5 heteroatoms. The van der Waals surface area contributed by atoms with E-state index in [4.69, 9.17) is 0 Å². The van der Waals surface area contributed by atoms with Crippen molar-refractivity contribution in [2.75, 3.05) is 5.32 Å². The third-order valence-electron chi connectivity index (χ3n) is 6.51. The fourth-order valence-electron chi connectivity index (χ4n) is 4.80. The van der Waals surface area contributed by atoms with Crippen LogP contribution in [-0.4, -0.2) is 10.5 Å². The number of nitrogens with one attached hydrogen (secondary N) is 2. The highest BCUT2D eigenvalue weighted by Gasteiger charge is 2.36. The van der Waals surface area contributed by atoms with E-state index in [1.165, 1.54) is 27.8 Å². The van der Waals surface area contributed by atoms with E-state index in [0.29, 0.717) is 11.3 Å². The second-order valence-electron chi connectivity index (χ2n) is 9.28. The van der Waals surface area contributed by atoms with Crippen molar-refractivity contribution in [1.29, 1.82) is 0 Å². The topological polar surface area (TPSA) is 46.1 Å². The number of para-hydroxylation sites is 1. The van der Waals surface area contributed by atoms with Gasteiger partial charge in [-0.2, -0.15) is 0 Å². The third kappa shape index (κ3) is 2.67. The van der Waals surface area contributed by atoms with Gasteiger partial charge in [-0.3, -0.25) is 4.79 Å². The van der Waals surface area contributed by atoms with E-state index in [1.54, 1.807) is 11.3 Å². The molecule has 2 aromatic heterocycles. The summed E-state index contributed by atoms with van der Waals surface area (Å²) in [6.07, 6.45) is 5.20. The van der Waals surface area contributed by atoms with Gasteiger partial charge >= 0.3 is 0 Å². The van der Waals surface area contributed by atoms with Crippen LogP contribution in [0.15, 0.2) is 30.5 Å². The number of benzene rings is 1. The zero-order valence-corrected chi connectivity index (χ0v) is 17.7. The first-order valence-electron chi connectivity index (χ1n) is 10.1. The number of anilines is 1.